The zero-order valence-electron chi connectivity index (χ0n) is 11.0. The van der Waals surface area contributed by atoms with Crippen LogP contribution in [0.4, 0.5) is 5.13 Å². The second-order valence-corrected chi connectivity index (χ2v) is 5.97. The molecule has 2 rings (SSSR count). The first kappa shape index (κ1) is 13.5. The number of rotatable bonds is 5. The van der Waals surface area contributed by atoms with Crippen LogP contribution >= 0.6 is 11.3 Å². The smallest absolute Gasteiger partial charge is 0.252 e. The van der Waals surface area contributed by atoms with Crippen molar-refractivity contribution in [1.29, 1.82) is 0 Å². The van der Waals surface area contributed by atoms with E-state index in [1.54, 1.807) is 0 Å². The van der Waals surface area contributed by atoms with Gasteiger partial charge in [-0.15, -0.1) is 11.3 Å². The lowest BCUT2D eigenvalue weighted by molar-refractivity contribution is -0.130. The summed E-state index contributed by atoms with van der Waals surface area (Å²) in [5, 5.41) is 6.57. The van der Waals surface area contributed by atoms with Crippen LogP contribution in [0.25, 0.3) is 0 Å². The molecular weight excluding hydrogens is 250 g/mol. The zero-order valence-corrected chi connectivity index (χ0v) is 11.8. The number of carbonyl (C=O) groups is 1. The van der Waals surface area contributed by atoms with Gasteiger partial charge >= 0.3 is 0 Å². The highest BCUT2D eigenvalue weighted by molar-refractivity contribution is 7.15. The maximum Gasteiger partial charge on any atom is 0.252 e. The highest BCUT2D eigenvalue weighted by Crippen LogP contribution is 2.22. The molecule has 0 radical (unpaired) electrons. The maximum atomic E-state index is 11.7. The third-order valence-corrected chi connectivity index (χ3v) is 3.95. The topological polar surface area (TPSA) is 63.2 Å². The molecule has 0 unspecified atom stereocenters. The Bertz CT molecular complexity index is 441. The van der Waals surface area contributed by atoms with Crippen molar-refractivity contribution < 1.29 is 9.53 Å². The number of hydrogen-bond donors (Lipinski definition) is 2. The molecule has 1 amide bonds. The van der Waals surface area contributed by atoms with E-state index in [0.29, 0.717) is 5.13 Å². The van der Waals surface area contributed by atoms with Crippen molar-refractivity contribution in [2.45, 2.75) is 32.8 Å². The SMILES string of the molecule is CCc1nc(NC(=O)COC2(C)CNC2)sc1C. The van der Waals surface area contributed by atoms with Gasteiger partial charge in [-0.25, -0.2) is 4.98 Å². The summed E-state index contributed by atoms with van der Waals surface area (Å²) in [5.41, 5.74) is 0.858. The summed E-state index contributed by atoms with van der Waals surface area (Å²) in [6.45, 7) is 7.76. The lowest BCUT2D eigenvalue weighted by Gasteiger charge is -2.38. The molecule has 1 saturated heterocycles. The fourth-order valence-electron chi connectivity index (χ4n) is 1.78. The first-order valence-corrected chi connectivity index (χ1v) is 6.95. The maximum absolute atomic E-state index is 11.7. The highest BCUT2D eigenvalue weighted by atomic mass is 32.1. The molecule has 2 N–H and O–H groups in total. The van der Waals surface area contributed by atoms with Gasteiger partial charge < -0.3 is 10.1 Å². The fraction of sp³-hybridized carbons (Fsp3) is 0.667. The van der Waals surface area contributed by atoms with Crippen LogP contribution in [0.5, 0.6) is 0 Å². The Labute approximate surface area is 111 Å². The van der Waals surface area contributed by atoms with Crippen LogP contribution < -0.4 is 10.6 Å². The Hall–Kier alpha value is -0.980. The molecule has 1 aromatic heterocycles. The molecule has 1 aliphatic heterocycles. The zero-order chi connectivity index (χ0) is 13.2. The number of nitrogens with zero attached hydrogens (tertiary/aromatic N) is 1. The largest absolute Gasteiger partial charge is 0.363 e. The molecule has 6 heteroatoms. The predicted octanol–water partition coefficient (Wildman–Crippen LogP) is 1.33. The minimum absolute atomic E-state index is 0.0816. The Balaban J connectivity index is 1.83. The van der Waals surface area contributed by atoms with Gasteiger partial charge in [0.25, 0.3) is 5.91 Å². The van der Waals surface area contributed by atoms with Gasteiger partial charge in [0, 0.05) is 18.0 Å². The number of aryl methyl sites for hydroxylation is 2. The van der Waals surface area contributed by atoms with E-state index in [1.165, 1.54) is 11.3 Å². The number of ether oxygens (including phenoxy) is 1. The van der Waals surface area contributed by atoms with Crippen molar-refractivity contribution in [3.05, 3.63) is 10.6 Å². The van der Waals surface area contributed by atoms with E-state index in [-0.39, 0.29) is 18.1 Å². The molecule has 0 aromatic carbocycles. The van der Waals surface area contributed by atoms with Gasteiger partial charge in [-0.05, 0) is 20.3 Å². The summed E-state index contributed by atoms with van der Waals surface area (Å²) >= 11 is 1.51. The molecule has 1 fully saturated rings. The van der Waals surface area contributed by atoms with Crippen LogP contribution in [-0.2, 0) is 16.0 Å². The third-order valence-electron chi connectivity index (χ3n) is 3.02. The third kappa shape index (κ3) is 3.07. The summed E-state index contributed by atoms with van der Waals surface area (Å²) in [7, 11) is 0. The van der Waals surface area contributed by atoms with E-state index < -0.39 is 0 Å². The molecule has 0 bridgehead atoms. The number of hydrogen-bond acceptors (Lipinski definition) is 5. The first-order valence-electron chi connectivity index (χ1n) is 6.13. The number of aromatic nitrogens is 1. The van der Waals surface area contributed by atoms with Gasteiger partial charge in [-0.2, -0.15) is 0 Å². The molecular formula is C12H19N3O2S. The second kappa shape index (κ2) is 5.34. The van der Waals surface area contributed by atoms with Crippen LogP contribution in [0.1, 0.15) is 24.4 Å². The minimum atomic E-state index is -0.190. The van der Waals surface area contributed by atoms with E-state index >= 15 is 0 Å². The molecule has 1 aliphatic rings. The van der Waals surface area contributed by atoms with Crippen LogP contribution in [0.15, 0.2) is 0 Å². The van der Waals surface area contributed by atoms with Crippen molar-refractivity contribution in [1.82, 2.24) is 10.3 Å². The number of nitrogens with one attached hydrogen (secondary N) is 2. The Kier molecular flexibility index (Phi) is 3.99. The second-order valence-electron chi connectivity index (χ2n) is 4.77. The standard InChI is InChI=1S/C12H19N3O2S/c1-4-9-8(2)18-11(14-9)15-10(16)5-17-12(3)6-13-7-12/h13H,4-7H2,1-3H3,(H,14,15,16). The molecule has 0 atom stereocenters. The highest BCUT2D eigenvalue weighted by Gasteiger charge is 2.33. The number of carbonyl (C=O) groups excluding carboxylic acids is 1. The normalized spacial score (nSPS) is 17.3. The summed E-state index contributed by atoms with van der Waals surface area (Å²) in [4.78, 5) is 17.2. The number of amides is 1. The van der Waals surface area contributed by atoms with Crippen LogP contribution in [0.2, 0.25) is 0 Å². The Morgan fingerprint density at radius 3 is 2.83 bits per heavy atom. The molecule has 100 valence electrons. The van der Waals surface area contributed by atoms with E-state index in [9.17, 15) is 4.79 Å². The average Bonchev–Trinajstić information content (AvgIpc) is 2.64. The van der Waals surface area contributed by atoms with Gasteiger partial charge in [0.1, 0.15) is 6.61 Å². The fourth-order valence-corrected chi connectivity index (χ4v) is 2.70. The summed E-state index contributed by atoms with van der Waals surface area (Å²) < 4.78 is 5.57. The lowest BCUT2D eigenvalue weighted by Crippen LogP contribution is -2.59. The van der Waals surface area contributed by atoms with Gasteiger partial charge in [0.2, 0.25) is 0 Å². The van der Waals surface area contributed by atoms with Crippen molar-refractivity contribution in [3.8, 4) is 0 Å². The van der Waals surface area contributed by atoms with Crippen LogP contribution in [-0.4, -0.2) is 36.2 Å². The summed E-state index contributed by atoms with van der Waals surface area (Å²) in [5.74, 6) is -0.139. The first-order chi connectivity index (χ1) is 8.52. The van der Waals surface area contributed by atoms with Crippen LogP contribution in [0, 0.1) is 6.92 Å². The average molecular weight is 269 g/mol. The molecule has 5 nitrogen and oxygen atoms in total. The quantitative estimate of drug-likeness (QED) is 0.846. The monoisotopic (exact) mass is 269 g/mol. The van der Waals surface area contributed by atoms with Gasteiger partial charge in [-0.1, -0.05) is 6.92 Å². The van der Waals surface area contributed by atoms with Crippen molar-refractivity contribution in [3.63, 3.8) is 0 Å². The Morgan fingerprint density at radius 1 is 1.61 bits per heavy atom. The van der Waals surface area contributed by atoms with Crippen molar-refractivity contribution in [2.75, 3.05) is 25.0 Å². The van der Waals surface area contributed by atoms with Gasteiger partial charge in [0.15, 0.2) is 5.13 Å². The molecule has 18 heavy (non-hydrogen) atoms. The molecule has 2 heterocycles. The molecule has 0 spiro atoms. The van der Waals surface area contributed by atoms with Gasteiger partial charge in [-0.3, -0.25) is 10.1 Å². The predicted molar refractivity (Wildman–Crippen MR) is 72.1 cm³/mol. The Morgan fingerprint density at radius 2 is 2.33 bits per heavy atom. The lowest BCUT2D eigenvalue weighted by atomic mass is 10.0. The summed E-state index contributed by atoms with van der Waals surface area (Å²) in [6.07, 6.45) is 0.887. The van der Waals surface area contributed by atoms with E-state index in [2.05, 4.69) is 22.5 Å². The number of anilines is 1. The number of thiazole rings is 1. The summed E-state index contributed by atoms with van der Waals surface area (Å²) in [6, 6.07) is 0. The van der Waals surface area contributed by atoms with Crippen molar-refractivity contribution in [2.24, 2.45) is 0 Å². The minimum Gasteiger partial charge on any atom is -0.363 e. The van der Waals surface area contributed by atoms with Crippen molar-refractivity contribution >= 4 is 22.4 Å². The molecule has 1 aromatic rings. The van der Waals surface area contributed by atoms with E-state index in [0.717, 1.165) is 30.1 Å². The molecule has 0 saturated carbocycles. The van der Waals surface area contributed by atoms with E-state index in [4.69, 9.17) is 4.74 Å². The van der Waals surface area contributed by atoms with E-state index in [1.807, 2.05) is 13.8 Å². The van der Waals surface area contributed by atoms with Gasteiger partial charge in [0.05, 0.1) is 11.3 Å². The molecule has 0 aliphatic carbocycles. The van der Waals surface area contributed by atoms with Crippen LogP contribution in [0.3, 0.4) is 0 Å².